The van der Waals surface area contributed by atoms with E-state index in [1.54, 1.807) is 17.5 Å². The molecule has 0 saturated heterocycles. The number of hydrogen-bond donors (Lipinski definition) is 2. The lowest BCUT2D eigenvalue weighted by atomic mass is 10.1. The summed E-state index contributed by atoms with van der Waals surface area (Å²) < 4.78 is 0. The molecule has 1 aromatic carbocycles. The van der Waals surface area contributed by atoms with Gasteiger partial charge in [-0.25, -0.2) is 4.98 Å². The van der Waals surface area contributed by atoms with Crippen LogP contribution < -0.4 is 11.1 Å². The largest absolute Gasteiger partial charge is 0.375 e. The van der Waals surface area contributed by atoms with Crippen LogP contribution in [-0.2, 0) is 11.2 Å². The number of nitrogen functional groups attached to an aromatic ring is 1. The van der Waals surface area contributed by atoms with E-state index in [-0.39, 0.29) is 18.4 Å². The van der Waals surface area contributed by atoms with E-state index in [9.17, 15) is 4.79 Å². The third-order valence-corrected chi connectivity index (χ3v) is 3.63. The highest BCUT2D eigenvalue weighted by Crippen LogP contribution is 2.16. The predicted molar refractivity (Wildman–Crippen MR) is 78.2 cm³/mol. The lowest BCUT2D eigenvalue weighted by Crippen LogP contribution is -2.28. The number of nitrogens with zero attached hydrogens (tertiary/aromatic N) is 1. The molecule has 0 aliphatic heterocycles. The van der Waals surface area contributed by atoms with Crippen LogP contribution in [0.5, 0.6) is 0 Å². The SMILES string of the molecule is C[C@@H](NC(=O)Cc1csc(N)n1)c1ccc(Cl)cc1. The van der Waals surface area contributed by atoms with Crippen molar-refractivity contribution < 1.29 is 4.79 Å². The molecule has 1 amide bonds. The van der Waals surface area contributed by atoms with Crippen LogP contribution in [-0.4, -0.2) is 10.9 Å². The van der Waals surface area contributed by atoms with Crippen molar-refractivity contribution in [2.75, 3.05) is 5.73 Å². The molecule has 0 spiro atoms. The van der Waals surface area contributed by atoms with Crippen molar-refractivity contribution in [3.05, 3.63) is 45.9 Å². The second-order valence-corrected chi connectivity index (χ2v) is 5.52. The molecule has 2 aromatic rings. The molecule has 19 heavy (non-hydrogen) atoms. The molecule has 2 rings (SSSR count). The fourth-order valence-corrected chi connectivity index (χ4v) is 2.38. The van der Waals surface area contributed by atoms with E-state index in [0.29, 0.717) is 15.8 Å². The highest BCUT2D eigenvalue weighted by Gasteiger charge is 2.11. The number of anilines is 1. The van der Waals surface area contributed by atoms with Gasteiger partial charge >= 0.3 is 0 Å². The first kappa shape index (κ1) is 13.8. The van der Waals surface area contributed by atoms with Gasteiger partial charge in [-0.1, -0.05) is 23.7 Å². The molecule has 100 valence electrons. The van der Waals surface area contributed by atoms with Crippen LogP contribution in [0.2, 0.25) is 5.02 Å². The first-order chi connectivity index (χ1) is 9.04. The summed E-state index contributed by atoms with van der Waals surface area (Å²) in [6, 6.07) is 7.34. The van der Waals surface area contributed by atoms with Gasteiger partial charge in [0.15, 0.2) is 5.13 Å². The number of halogens is 1. The minimum Gasteiger partial charge on any atom is -0.375 e. The van der Waals surface area contributed by atoms with Gasteiger partial charge in [0.05, 0.1) is 18.2 Å². The van der Waals surface area contributed by atoms with E-state index in [4.69, 9.17) is 17.3 Å². The Hall–Kier alpha value is -1.59. The van der Waals surface area contributed by atoms with Gasteiger partial charge in [0, 0.05) is 10.4 Å². The number of benzene rings is 1. The van der Waals surface area contributed by atoms with Crippen LogP contribution >= 0.6 is 22.9 Å². The Labute approximate surface area is 120 Å². The molecule has 6 heteroatoms. The first-order valence-electron chi connectivity index (χ1n) is 5.79. The Morgan fingerprint density at radius 2 is 2.16 bits per heavy atom. The number of amides is 1. The van der Waals surface area contributed by atoms with Crippen LogP contribution in [0.4, 0.5) is 5.13 Å². The molecule has 1 atom stereocenters. The standard InChI is InChI=1S/C13H14ClN3OS/c1-8(9-2-4-10(14)5-3-9)16-12(18)6-11-7-19-13(15)17-11/h2-5,7-8H,6H2,1H3,(H2,15,17)(H,16,18)/t8-/m1/s1. The minimum atomic E-state index is -0.0762. The third kappa shape index (κ3) is 3.94. The smallest absolute Gasteiger partial charge is 0.226 e. The van der Waals surface area contributed by atoms with Crippen molar-refractivity contribution in [2.45, 2.75) is 19.4 Å². The molecule has 3 N–H and O–H groups in total. The minimum absolute atomic E-state index is 0.0688. The van der Waals surface area contributed by atoms with Crippen molar-refractivity contribution in [1.29, 1.82) is 0 Å². The molecule has 0 unspecified atom stereocenters. The molecule has 0 radical (unpaired) electrons. The molecular formula is C13H14ClN3OS. The van der Waals surface area contributed by atoms with Gasteiger partial charge in [0.1, 0.15) is 0 Å². The molecule has 4 nitrogen and oxygen atoms in total. The lowest BCUT2D eigenvalue weighted by Gasteiger charge is -2.14. The van der Waals surface area contributed by atoms with Crippen LogP contribution in [0, 0.1) is 0 Å². The van der Waals surface area contributed by atoms with Crippen LogP contribution in [0.1, 0.15) is 24.2 Å². The van der Waals surface area contributed by atoms with Gasteiger partial charge in [0.2, 0.25) is 5.91 Å². The number of nitrogens with two attached hydrogens (primary N) is 1. The number of carbonyl (C=O) groups is 1. The zero-order valence-electron chi connectivity index (χ0n) is 10.4. The maximum absolute atomic E-state index is 11.9. The van der Waals surface area contributed by atoms with Gasteiger partial charge in [-0.2, -0.15) is 0 Å². The van der Waals surface area contributed by atoms with Crippen molar-refractivity contribution in [2.24, 2.45) is 0 Å². The van der Waals surface area contributed by atoms with E-state index < -0.39 is 0 Å². The molecule has 0 bridgehead atoms. The van der Waals surface area contributed by atoms with Crippen molar-refractivity contribution >= 4 is 34.0 Å². The second kappa shape index (κ2) is 6.04. The van der Waals surface area contributed by atoms with Crippen LogP contribution in [0.15, 0.2) is 29.6 Å². The monoisotopic (exact) mass is 295 g/mol. The topological polar surface area (TPSA) is 68.0 Å². The van der Waals surface area contributed by atoms with E-state index in [0.717, 1.165) is 5.56 Å². The predicted octanol–water partition coefficient (Wildman–Crippen LogP) is 2.80. The first-order valence-corrected chi connectivity index (χ1v) is 7.05. The lowest BCUT2D eigenvalue weighted by molar-refractivity contribution is -0.121. The maximum atomic E-state index is 11.9. The van der Waals surface area contributed by atoms with Gasteiger partial charge in [-0.05, 0) is 24.6 Å². The average molecular weight is 296 g/mol. The number of carbonyl (C=O) groups excluding carboxylic acids is 1. The summed E-state index contributed by atoms with van der Waals surface area (Å²) in [5.41, 5.74) is 7.23. The maximum Gasteiger partial charge on any atom is 0.226 e. The molecule has 1 aromatic heterocycles. The van der Waals surface area contributed by atoms with Crippen molar-refractivity contribution in [1.82, 2.24) is 10.3 Å². The quantitative estimate of drug-likeness (QED) is 0.911. The fraction of sp³-hybridized carbons (Fsp3) is 0.231. The molecule has 1 heterocycles. The molecule has 0 aliphatic carbocycles. The van der Waals surface area contributed by atoms with Crippen LogP contribution in [0.25, 0.3) is 0 Å². The number of hydrogen-bond acceptors (Lipinski definition) is 4. The normalized spacial score (nSPS) is 12.1. The summed E-state index contributed by atoms with van der Waals surface area (Å²) in [5, 5.41) is 5.87. The second-order valence-electron chi connectivity index (χ2n) is 4.19. The number of rotatable bonds is 4. The summed E-state index contributed by atoms with van der Waals surface area (Å²) in [5.74, 6) is -0.0762. The Kier molecular flexibility index (Phi) is 4.39. The van der Waals surface area contributed by atoms with Gasteiger partial charge < -0.3 is 11.1 Å². The highest BCUT2D eigenvalue weighted by atomic mass is 35.5. The molecular weight excluding hydrogens is 282 g/mol. The summed E-state index contributed by atoms with van der Waals surface area (Å²) in [7, 11) is 0. The average Bonchev–Trinajstić information content (AvgIpc) is 2.75. The van der Waals surface area contributed by atoms with Crippen LogP contribution in [0.3, 0.4) is 0 Å². The van der Waals surface area contributed by atoms with Gasteiger partial charge in [-0.3, -0.25) is 4.79 Å². The third-order valence-electron chi connectivity index (χ3n) is 2.66. The zero-order chi connectivity index (χ0) is 13.8. The molecule has 0 saturated carbocycles. The summed E-state index contributed by atoms with van der Waals surface area (Å²) in [4.78, 5) is 15.9. The van der Waals surface area contributed by atoms with E-state index in [1.165, 1.54) is 11.3 Å². The van der Waals surface area contributed by atoms with Gasteiger partial charge in [0.25, 0.3) is 0 Å². The van der Waals surface area contributed by atoms with Crippen molar-refractivity contribution in [3.8, 4) is 0 Å². The van der Waals surface area contributed by atoms with E-state index >= 15 is 0 Å². The van der Waals surface area contributed by atoms with Crippen molar-refractivity contribution in [3.63, 3.8) is 0 Å². The summed E-state index contributed by atoms with van der Waals surface area (Å²) in [6.07, 6.45) is 0.242. The Morgan fingerprint density at radius 3 is 2.74 bits per heavy atom. The fourth-order valence-electron chi connectivity index (χ4n) is 1.70. The summed E-state index contributed by atoms with van der Waals surface area (Å²) in [6.45, 7) is 1.93. The van der Waals surface area contributed by atoms with Gasteiger partial charge in [-0.15, -0.1) is 11.3 Å². The number of thiazole rings is 1. The van der Waals surface area contributed by atoms with E-state index in [1.807, 2.05) is 19.1 Å². The summed E-state index contributed by atoms with van der Waals surface area (Å²) >= 11 is 7.16. The zero-order valence-corrected chi connectivity index (χ0v) is 12.0. The Morgan fingerprint density at radius 1 is 1.47 bits per heavy atom. The molecule has 0 fully saturated rings. The molecule has 0 aliphatic rings. The Balaban J connectivity index is 1.93. The number of nitrogens with one attached hydrogen (secondary N) is 1. The van der Waals surface area contributed by atoms with E-state index in [2.05, 4.69) is 10.3 Å². The highest BCUT2D eigenvalue weighted by molar-refractivity contribution is 7.13. The Bertz CT molecular complexity index is 568. The number of aromatic nitrogens is 1.